The van der Waals surface area contributed by atoms with Crippen LogP contribution in [0.15, 0.2) is 12.1 Å². The maximum atomic E-state index is 12.8. The van der Waals surface area contributed by atoms with E-state index < -0.39 is 10.8 Å². The molecule has 1 aromatic rings. The lowest BCUT2D eigenvalue weighted by atomic mass is 9.96. The maximum Gasteiger partial charge on any atom is 0.286 e. The standard InChI is InChI=1S/C19H28N2O5/c1-4-6-8-13-9-7-10-15(13)20-19(22)14-11-18(26-5-2)17(25-3)12-16(14)21(23)24/h11-13,15H,4-10H2,1-3H3,(H,20,22)/t13-,15-/m1/s1. The molecule has 1 saturated carbocycles. The second-order valence-electron chi connectivity index (χ2n) is 6.62. The molecule has 144 valence electrons. The minimum Gasteiger partial charge on any atom is -0.493 e. The Morgan fingerprint density at radius 3 is 2.69 bits per heavy atom. The molecule has 1 amide bonds. The van der Waals surface area contributed by atoms with Crippen LogP contribution in [0.25, 0.3) is 0 Å². The molecule has 7 nitrogen and oxygen atoms in total. The Hall–Kier alpha value is -2.31. The van der Waals surface area contributed by atoms with Gasteiger partial charge in [-0.1, -0.05) is 26.2 Å². The predicted octanol–water partition coefficient (Wildman–Crippen LogP) is 4.09. The first-order valence-corrected chi connectivity index (χ1v) is 9.31. The van der Waals surface area contributed by atoms with Crippen molar-refractivity contribution in [2.45, 2.75) is 58.4 Å². The van der Waals surface area contributed by atoms with Crippen LogP contribution in [0.2, 0.25) is 0 Å². The van der Waals surface area contributed by atoms with Gasteiger partial charge >= 0.3 is 0 Å². The quantitative estimate of drug-likeness (QED) is 0.526. The van der Waals surface area contributed by atoms with Crippen molar-refractivity contribution in [2.75, 3.05) is 13.7 Å². The van der Waals surface area contributed by atoms with Crippen LogP contribution in [0, 0.1) is 16.0 Å². The van der Waals surface area contributed by atoms with Crippen molar-refractivity contribution in [1.29, 1.82) is 0 Å². The van der Waals surface area contributed by atoms with Gasteiger partial charge < -0.3 is 14.8 Å². The van der Waals surface area contributed by atoms with Gasteiger partial charge in [-0.05, 0) is 32.1 Å². The van der Waals surface area contributed by atoms with E-state index in [4.69, 9.17) is 9.47 Å². The van der Waals surface area contributed by atoms with Crippen molar-refractivity contribution in [2.24, 2.45) is 5.92 Å². The van der Waals surface area contributed by atoms with Gasteiger partial charge in [-0.15, -0.1) is 0 Å². The Kier molecular flexibility index (Phi) is 7.24. The normalized spacial score (nSPS) is 19.2. The van der Waals surface area contributed by atoms with Gasteiger partial charge in [0, 0.05) is 12.1 Å². The Morgan fingerprint density at radius 1 is 1.31 bits per heavy atom. The number of nitrogens with zero attached hydrogens (tertiary/aromatic N) is 1. The lowest BCUT2D eigenvalue weighted by Gasteiger charge is -2.21. The van der Waals surface area contributed by atoms with Crippen LogP contribution in [-0.4, -0.2) is 30.6 Å². The third-order valence-corrected chi connectivity index (χ3v) is 4.93. The van der Waals surface area contributed by atoms with E-state index in [1.807, 2.05) is 0 Å². The van der Waals surface area contributed by atoms with Crippen LogP contribution in [0.3, 0.4) is 0 Å². The third kappa shape index (κ3) is 4.65. The molecule has 0 aromatic heterocycles. The highest BCUT2D eigenvalue weighted by atomic mass is 16.6. The molecule has 0 heterocycles. The molecule has 1 aliphatic carbocycles. The molecule has 0 unspecified atom stereocenters. The van der Waals surface area contributed by atoms with Crippen LogP contribution in [-0.2, 0) is 0 Å². The predicted molar refractivity (Wildman–Crippen MR) is 98.9 cm³/mol. The van der Waals surface area contributed by atoms with Crippen LogP contribution in [0.1, 0.15) is 62.7 Å². The van der Waals surface area contributed by atoms with Gasteiger partial charge in [-0.2, -0.15) is 0 Å². The largest absolute Gasteiger partial charge is 0.493 e. The Labute approximate surface area is 154 Å². The number of hydrogen-bond acceptors (Lipinski definition) is 5. The van der Waals surface area contributed by atoms with Crippen molar-refractivity contribution in [3.8, 4) is 11.5 Å². The zero-order valence-electron chi connectivity index (χ0n) is 15.7. The van der Waals surface area contributed by atoms with Gasteiger partial charge in [-0.3, -0.25) is 14.9 Å². The van der Waals surface area contributed by atoms with Crippen molar-refractivity contribution in [1.82, 2.24) is 5.32 Å². The fourth-order valence-corrected chi connectivity index (χ4v) is 3.59. The molecule has 0 saturated heterocycles. The highest BCUT2D eigenvalue weighted by molar-refractivity contribution is 5.99. The first-order valence-electron chi connectivity index (χ1n) is 9.31. The smallest absolute Gasteiger partial charge is 0.286 e. The zero-order chi connectivity index (χ0) is 19.1. The first kappa shape index (κ1) is 20.0. The van der Waals surface area contributed by atoms with Crippen molar-refractivity contribution >= 4 is 11.6 Å². The number of hydrogen-bond donors (Lipinski definition) is 1. The number of ether oxygens (including phenoxy) is 2. The molecule has 2 atom stereocenters. The van der Waals surface area contributed by atoms with Gasteiger partial charge in [0.2, 0.25) is 0 Å². The molecular weight excluding hydrogens is 336 g/mol. The van der Waals surface area contributed by atoms with E-state index in [9.17, 15) is 14.9 Å². The number of nitro benzene ring substituents is 1. The molecule has 1 N–H and O–H groups in total. The zero-order valence-corrected chi connectivity index (χ0v) is 15.7. The lowest BCUT2D eigenvalue weighted by Crippen LogP contribution is -2.37. The molecule has 2 rings (SSSR count). The Morgan fingerprint density at radius 2 is 2.08 bits per heavy atom. The molecule has 1 aromatic carbocycles. The van der Waals surface area contributed by atoms with Gasteiger partial charge in [0.1, 0.15) is 5.56 Å². The summed E-state index contributed by atoms with van der Waals surface area (Å²) in [5.74, 6) is 0.604. The number of nitro groups is 1. The molecular formula is C19H28N2O5. The van der Waals surface area contributed by atoms with Crippen LogP contribution in [0.5, 0.6) is 11.5 Å². The summed E-state index contributed by atoms with van der Waals surface area (Å²) in [6.45, 7) is 4.33. The summed E-state index contributed by atoms with van der Waals surface area (Å²) in [6, 6.07) is 2.74. The molecule has 1 fully saturated rings. The van der Waals surface area contributed by atoms with E-state index >= 15 is 0 Å². The van der Waals surface area contributed by atoms with E-state index in [0.717, 1.165) is 38.5 Å². The SMILES string of the molecule is CCCC[C@@H]1CCC[C@H]1NC(=O)c1cc(OCC)c(OC)cc1[N+](=O)[O-]. The Bertz CT molecular complexity index is 647. The van der Waals surface area contributed by atoms with Crippen LogP contribution >= 0.6 is 0 Å². The number of rotatable bonds is 9. The third-order valence-electron chi connectivity index (χ3n) is 4.93. The minimum absolute atomic E-state index is 0.0143. The van der Waals surface area contributed by atoms with Crippen LogP contribution < -0.4 is 14.8 Å². The van der Waals surface area contributed by atoms with E-state index in [2.05, 4.69) is 12.2 Å². The number of amides is 1. The second kappa shape index (κ2) is 9.40. The topological polar surface area (TPSA) is 90.7 Å². The monoisotopic (exact) mass is 364 g/mol. The molecule has 0 spiro atoms. The molecule has 1 aliphatic rings. The first-order chi connectivity index (χ1) is 12.5. The summed E-state index contributed by atoms with van der Waals surface area (Å²) >= 11 is 0. The van der Waals surface area contributed by atoms with E-state index in [0.29, 0.717) is 18.3 Å². The van der Waals surface area contributed by atoms with Gasteiger partial charge in [0.25, 0.3) is 11.6 Å². The van der Waals surface area contributed by atoms with Crippen molar-refractivity contribution in [3.63, 3.8) is 0 Å². The lowest BCUT2D eigenvalue weighted by molar-refractivity contribution is -0.385. The van der Waals surface area contributed by atoms with Crippen molar-refractivity contribution in [3.05, 3.63) is 27.8 Å². The number of nitrogens with one attached hydrogen (secondary N) is 1. The number of methoxy groups -OCH3 is 1. The Balaban J connectivity index is 2.26. The summed E-state index contributed by atoms with van der Waals surface area (Å²) in [5, 5.41) is 14.5. The summed E-state index contributed by atoms with van der Waals surface area (Å²) < 4.78 is 10.6. The summed E-state index contributed by atoms with van der Waals surface area (Å²) in [5.41, 5.74) is -0.258. The average molecular weight is 364 g/mol. The highest BCUT2D eigenvalue weighted by Crippen LogP contribution is 2.35. The molecule has 7 heteroatoms. The molecule has 0 radical (unpaired) electrons. The van der Waals surface area contributed by atoms with Crippen LogP contribution in [0.4, 0.5) is 5.69 Å². The molecule has 0 aliphatic heterocycles. The van der Waals surface area contributed by atoms with E-state index in [1.54, 1.807) is 6.92 Å². The van der Waals surface area contributed by atoms with E-state index in [-0.39, 0.29) is 23.0 Å². The minimum atomic E-state index is -0.559. The second-order valence-corrected chi connectivity index (χ2v) is 6.62. The van der Waals surface area contributed by atoms with E-state index in [1.165, 1.54) is 19.2 Å². The fourth-order valence-electron chi connectivity index (χ4n) is 3.59. The number of benzene rings is 1. The number of carbonyl (C=O) groups excluding carboxylic acids is 1. The summed E-state index contributed by atoms with van der Waals surface area (Å²) in [7, 11) is 1.41. The highest BCUT2D eigenvalue weighted by Gasteiger charge is 2.31. The number of carbonyl (C=O) groups is 1. The summed E-state index contributed by atoms with van der Waals surface area (Å²) in [4.78, 5) is 23.7. The average Bonchev–Trinajstić information content (AvgIpc) is 3.06. The van der Waals surface area contributed by atoms with Gasteiger partial charge in [-0.25, -0.2) is 0 Å². The molecule has 0 bridgehead atoms. The van der Waals surface area contributed by atoms with Crippen molar-refractivity contribution < 1.29 is 19.2 Å². The molecule has 26 heavy (non-hydrogen) atoms. The maximum absolute atomic E-state index is 12.8. The van der Waals surface area contributed by atoms with Gasteiger partial charge in [0.15, 0.2) is 11.5 Å². The number of unbranched alkanes of at least 4 members (excludes halogenated alkanes) is 1. The summed E-state index contributed by atoms with van der Waals surface area (Å²) in [6.07, 6.45) is 6.43. The fraction of sp³-hybridized carbons (Fsp3) is 0.632. The van der Waals surface area contributed by atoms with Gasteiger partial charge in [0.05, 0.1) is 24.7 Å².